The summed E-state index contributed by atoms with van der Waals surface area (Å²) in [5, 5.41) is 22.9. The average Bonchev–Trinajstić information content (AvgIpc) is 3.24. The summed E-state index contributed by atoms with van der Waals surface area (Å²) in [6, 6.07) is 24.3. The van der Waals surface area contributed by atoms with E-state index in [2.05, 4.69) is 36.7 Å². The fourth-order valence-electron chi connectivity index (χ4n) is 2.89. The summed E-state index contributed by atoms with van der Waals surface area (Å²) in [4.78, 5) is 12.3. The van der Waals surface area contributed by atoms with E-state index in [-0.39, 0.29) is 17.4 Å². The van der Waals surface area contributed by atoms with Crippen LogP contribution in [0.25, 0.3) is 17.1 Å². The molecule has 4 aromatic rings. The van der Waals surface area contributed by atoms with Gasteiger partial charge in [-0.25, -0.2) is 5.43 Å². The van der Waals surface area contributed by atoms with Gasteiger partial charge in [0.1, 0.15) is 5.75 Å². The van der Waals surface area contributed by atoms with Crippen LogP contribution in [0.5, 0.6) is 5.75 Å². The lowest BCUT2D eigenvalue weighted by Crippen LogP contribution is -2.20. The molecule has 1 aromatic heterocycles. The summed E-state index contributed by atoms with van der Waals surface area (Å²) >= 11 is 4.71. The van der Waals surface area contributed by atoms with Crippen LogP contribution in [0.2, 0.25) is 0 Å². The molecular weight excluding hydrogens is 490 g/mol. The SMILES string of the molecule is O=C(CSc1nnc(-c2ccc(Br)cc2)n1-c1ccccc1)N/N=C\c1ccccc1O. The van der Waals surface area contributed by atoms with Crippen molar-refractivity contribution in [1.82, 2.24) is 20.2 Å². The van der Waals surface area contributed by atoms with Gasteiger partial charge in [-0.2, -0.15) is 5.10 Å². The molecule has 0 aliphatic carbocycles. The number of nitrogens with one attached hydrogen (secondary N) is 1. The van der Waals surface area contributed by atoms with E-state index in [1.54, 1.807) is 24.3 Å². The van der Waals surface area contributed by atoms with E-state index >= 15 is 0 Å². The number of thioether (sulfide) groups is 1. The molecule has 0 bridgehead atoms. The van der Waals surface area contributed by atoms with Crippen LogP contribution in [0.4, 0.5) is 0 Å². The number of para-hydroxylation sites is 2. The van der Waals surface area contributed by atoms with Gasteiger partial charge in [0, 0.05) is 21.3 Å². The molecule has 0 saturated carbocycles. The van der Waals surface area contributed by atoms with Crippen molar-refractivity contribution in [3.05, 3.63) is 88.9 Å². The second-order valence-electron chi connectivity index (χ2n) is 6.62. The standard InChI is InChI=1S/C23H18BrN5O2S/c24-18-12-10-16(11-13-18)22-27-28-23(29(22)19-7-2-1-3-8-19)32-15-21(31)26-25-14-17-6-4-5-9-20(17)30/h1-14,30H,15H2,(H,26,31)/b25-14-. The Bertz CT molecular complexity index is 1240. The van der Waals surface area contributed by atoms with Crippen molar-refractivity contribution in [3.8, 4) is 22.8 Å². The number of amides is 1. The number of aromatic nitrogens is 3. The molecule has 2 N–H and O–H groups in total. The Kier molecular flexibility index (Phi) is 6.98. The number of halogens is 1. The first kappa shape index (κ1) is 21.8. The minimum Gasteiger partial charge on any atom is -0.507 e. The van der Waals surface area contributed by atoms with E-state index in [9.17, 15) is 9.90 Å². The minimum absolute atomic E-state index is 0.0938. The molecule has 0 unspecified atom stereocenters. The van der Waals surface area contributed by atoms with Crippen molar-refractivity contribution < 1.29 is 9.90 Å². The first-order valence-electron chi connectivity index (χ1n) is 9.61. The van der Waals surface area contributed by atoms with Crippen LogP contribution in [0.15, 0.2) is 93.6 Å². The van der Waals surface area contributed by atoms with E-state index in [1.165, 1.54) is 18.0 Å². The van der Waals surface area contributed by atoms with Gasteiger partial charge >= 0.3 is 0 Å². The Labute approximate surface area is 197 Å². The van der Waals surface area contributed by atoms with E-state index in [4.69, 9.17) is 0 Å². The molecule has 7 nitrogen and oxygen atoms in total. The van der Waals surface area contributed by atoms with Gasteiger partial charge in [0.2, 0.25) is 0 Å². The minimum atomic E-state index is -0.297. The molecule has 0 aliphatic rings. The zero-order valence-corrected chi connectivity index (χ0v) is 19.1. The monoisotopic (exact) mass is 507 g/mol. The third kappa shape index (κ3) is 5.24. The lowest BCUT2D eigenvalue weighted by Gasteiger charge is -2.10. The topological polar surface area (TPSA) is 92.4 Å². The highest BCUT2D eigenvalue weighted by atomic mass is 79.9. The second-order valence-corrected chi connectivity index (χ2v) is 8.48. The molecule has 1 amide bonds. The molecule has 0 saturated heterocycles. The summed E-state index contributed by atoms with van der Waals surface area (Å²) < 4.78 is 2.90. The number of carbonyl (C=O) groups is 1. The quantitative estimate of drug-likeness (QED) is 0.216. The molecule has 1 heterocycles. The molecule has 4 rings (SSSR count). The maximum Gasteiger partial charge on any atom is 0.250 e. The number of hydrogen-bond donors (Lipinski definition) is 2. The maximum absolute atomic E-state index is 12.3. The highest BCUT2D eigenvalue weighted by Crippen LogP contribution is 2.28. The van der Waals surface area contributed by atoms with Crippen molar-refractivity contribution in [2.45, 2.75) is 5.16 Å². The first-order valence-corrected chi connectivity index (χ1v) is 11.4. The predicted molar refractivity (Wildman–Crippen MR) is 129 cm³/mol. The van der Waals surface area contributed by atoms with Gasteiger partial charge < -0.3 is 5.11 Å². The molecule has 0 spiro atoms. The van der Waals surface area contributed by atoms with Crippen molar-refractivity contribution in [2.75, 3.05) is 5.75 Å². The Morgan fingerprint density at radius 1 is 1.03 bits per heavy atom. The number of phenols is 1. The third-order valence-corrected chi connectivity index (χ3v) is 5.87. The van der Waals surface area contributed by atoms with E-state index in [0.717, 1.165) is 15.7 Å². The van der Waals surface area contributed by atoms with Crippen molar-refractivity contribution >= 4 is 39.8 Å². The summed E-state index contributed by atoms with van der Waals surface area (Å²) in [7, 11) is 0. The molecule has 0 atom stereocenters. The second kappa shape index (κ2) is 10.3. The molecule has 160 valence electrons. The molecule has 0 fully saturated rings. The van der Waals surface area contributed by atoms with Crippen LogP contribution < -0.4 is 5.43 Å². The summed E-state index contributed by atoms with van der Waals surface area (Å²) in [6.07, 6.45) is 1.40. The van der Waals surface area contributed by atoms with E-state index in [0.29, 0.717) is 16.5 Å². The summed E-state index contributed by atoms with van der Waals surface area (Å²) in [6.45, 7) is 0. The smallest absolute Gasteiger partial charge is 0.250 e. The number of hydrogen-bond acceptors (Lipinski definition) is 6. The van der Waals surface area contributed by atoms with Crippen LogP contribution in [-0.2, 0) is 4.79 Å². The van der Waals surface area contributed by atoms with Crippen LogP contribution in [0.3, 0.4) is 0 Å². The lowest BCUT2D eigenvalue weighted by molar-refractivity contribution is -0.118. The number of phenolic OH excluding ortho intramolecular Hbond substituents is 1. The largest absolute Gasteiger partial charge is 0.507 e. The Hall–Kier alpha value is -3.43. The van der Waals surface area contributed by atoms with Gasteiger partial charge in [-0.3, -0.25) is 9.36 Å². The van der Waals surface area contributed by atoms with Gasteiger partial charge in [0.25, 0.3) is 5.91 Å². The van der Waals surface area contributed by atoms with Gasteiger partial charge in [0.05, 0.1) is 12.0 Å². The lowest BCUT2D eigenvalue weighted by atomic mass is 10.2. The normalized spacial score (nSPS) is 11.0. The first-order chi connectivity index (χ1) is 15.6. The van der Waals surface area contributed by atoms with Crippen molar-refractivity contribution in [3.63, 3.8) is 0 Å². The number of nitrogens with zero attached hydrogens (tertiary/aromatic N) is 4. The number of benzene rings is 3. The fraction of sp³-hybridized carbons (Fsp3) is 0.0435. The third-order valence-electron chi connectivity index (χ3n) is 4.41. The van der Waals surface area contributed by atoms with E-state index in [1.807, 2.05) is 59.2 Å². The van der Waals surface area contributed by atoms with Crippen LogP contribution >= 0.6 is 27.7 Å². The Balaban J connectivity index is 1.50. The Morgan fingerprint density at radius 3 is 2.50 bits per heavy atom. The van der Waals surface area contributed by atoms with Gasteiger partial charge in [-0.15, -0.1) is 10.2 Å². The molecule has 3 aromatic carbocycles. The summed E-state index contributed by atoms with van der Waals surface area (Å²) in [5.74, 6) is 0.582. The predicted octanol–water partition coefficient (Wildman–Crippen LogP) is 4.64. The Morgan fingerprint density at radius 2 is 1.75 bits per heavy atom. The fourth-order valence-corrected chi connectivity index (χ4v) is 3.90. The number of aromatic hydroxyl groups is 1. The van der Waals surface area contributed by atoms with Gasteiger partial charge in [-0.1, -0.05) is 70.2 Å². The highest BCUT2D eigenvalue weighted by Gasteiger charge is 2.17. The maximum atomic E-state index is 12.3. The van der Waals surface area contributed by atoms with Crippen molar-refractivity contribution in [2.24, 2.45) is 5.10 Å². The number of rotatable bonds is 7. The highest BCUT2D eigenvalue weighted by molar-refractivity contribution is 9.10. The number of carbonyl (C=O) groups excluding carboxylic acids is 1. The molecule has 0 aliphatic heterocycles. The molecule has 0 radical (unpaired) electrons. The molecular formula is C23H18BrN5O2S. The summed E-state index contributed by atoms with van der Waals surface area (Å²) in [5.41, 5.74) is 4.79. The molecule has 32 heavy (non-hydrogen) atoms. The molecule has 9 heteroatoms. The van der Waals surface area contributed by atoms with Gasteiger partial charge in [-0.05, 0) is 36.4 Å². The van der Waals surface area contributed by atoms with E-state index < -0.39 is 0 Å². The van der Waals surface area contributed by atoms with Crippen LogP contribution in [0.1, 0.15) is 5.56 Å². The van der Waals surface area contributed by atoms with Crippen molar-refractivity contribution in [1.29, 1.82) is 0 Å². The average molecular weight is 508 g/mol. The van der Waals surface area contributed by atoms with Crippen LogP contribution in [-0.4, -0.2) is 37.7 Å². The zero-order valence-electron chi connectivity index (χ0n) is 16.7. The van der Waals surface area contributed by atoms with Gasteiger partial charge in [0.15, 0.2) is 11.0 Å². The zero-order chi connectivity index (χ0) is 22.3. The number of hydrazone groups is 1. The van der Waals surface area contributed by atoms with Crippen LogP contribution in [0, 0.1) is 0 Å².